The highest BCUT2D eigenvalue weighted by Gasteiger charge is 2.26. The summed E-state index contributed by atoms with van der Waals surface area (Å²) in [6.07, 6.45) is 1.18. The molecule has 9 heteroatoms. The zero-order valence-electron chi connectivity index (χ0n) is 13.2. The molecule has 1 saturated heterocycles. The minimum absolute atomic E-state index is 0. The van der Waals surface area contributed by atoms with Crippen LogP contribution in [0.3, 0.4) is 0 Å². The summed E-state index contributed by atoms with van der Waals surface area (Å²) in [6.45, 7) is 1.84. The van der Waals surface area contributed by atoms with Crippen molar-refractivity contribution >= 4 is 24.2 Å². The van der Waals surface area contributed by atoms with Crippen LogP contribution in [0.2, 0.25) is 0 Å². The number of aliphatic hydroxyl groups is 1. The Morgan fingerprint density at radius 2 is 1.96 bits per heavy atom. The molecular weight excluding hydrogens is 338 g/mol. The number of halogens is 1. The highest BCUT2D eigenvalue weighted by molar-refractivity contribution is 5.85. The number of nitrogens with one attached hydrogen (secondary N) is 1. The number of nitrogens with zero attached hydrogens (tertiary/aromatic N) is 2. The molecule has 1 fully saturated rings. The molecule has 0 aromatic heterocycles. The maximum atomic E-state index is 12.2. The first-order valence-electron chi connectivity index (χ1n) is 7.60. The van der Waals surface area contributed by atoms with Gasteiger partial charge < -0.3 is 20.1 Å². The normalized spacial score (nSPS) is 14.5. The second kappa shape index (κ2) is 10.1. The molecule has 0 radical (unpaired) electrons. The zero-order valence-corrected chi connectivity index (χ0v) is 14.0. The Morgan fingerprint density at radius 3 is 2.50 bits per heavy atom. The molecule has 134 valence electrons. The summed E-state index contributed by atoms with van der Waals surface area (Å²) < 4.78 is 5.28. The third kappa shape index (κ3) is 5.63. The maximum absolute atomic E-state index is 12.2. The highest BCUT2D eigenvalue weighted by atomic mass is 35.5. The van der Waals surface area contributed by atoms with Crippen LogP contribution in [0.5, 0.6) is 0 Å². The van der Waals surface area contributed by atoms with E-state index in [1.807, 2.05) is 0 Å². The average molecular weight is 360 g/mol. The van der Waals surface area contributed by atoms with E-state index in [9.17, 15) is 14.9 Å². The SMILES string of the molecule is Cl.O=C(OCc1ccc([N+](=O)[O-])cc1)N(CCO)C1CCNCC1. The Hall–Kier alpha value is -1.90. The first-order valence-corrected chi connectivity index (χ1v) is 7.60. The number of carbonyl (C=O) groups is 1. The Morgan fingerprint density at radius 1 is 1.33 bits per heavy atom. The van der Waals surface area contributed by atoms with E-state index in [0.29, 0.717) is 5.56 Å². The van der Waals surface area contributed by atoms with Crippen LogP contribution in [0.1, 0.15) is 18.4 Å². The minimum atomic E-state index is -0.476. The molecule has 1 amide bonds. The standard InChI is InChI=1S/C15H21N3O5.ClH/c19-10-9-17(13-5-7-16-8-6-13)15(20)23-11-12-1-3-14(4-2-12)18(21)22;/h1-4,13,16,19H,5-11H2;1H. The fraction of sp³-hybridized carbons (Fsp3) is 0.533. The quantitative estimate of drug-likeness (QED) is 0.591. The molecule has 0 saturated carbocycles. The second-order valence-corrected chi connectivity index (χ2v) is 5.38. The number of carbonyl (C=O) groups excluding carboxylic acids is 1. The Balaban J connectivity index is 0.00000288. The largest absolute Gasteiger partial charge is 0.445 e. The molecule has 0 aliphatic carbocycles. The number of non-ortho nitro benzene ring substituents is 1. The van der Waals surface area contributed by atoms with Gasteiger partial charge in [-0.1, -0.05) is 0 Å². The maximum Gasteiger partial charge on any atom is 0.410 e. The van der Waals surface area contributed by atoms with E-state index in [0.717, 1.165) is 25.9 Å². The van der Waals surface area contributed by atoms with Gasteiger partial charge in [0.15, 0.2) is 0 Å². The molecule has 24 heavy (non-hydrogen) atoms. The van der Waals surface area contributed by atoms with Gasteiger partial charge in [-0.15, -0.1) is 12.4 Å². The smallest absolute Gasteiger partial charge is 0.410 e. The molecule has 0 spiro atoms. The number of nitro groups is 1. The first-order chi connectivity index (χ1) is 11.1. The predicted molar refractivity (Wildman–Crippen MR) is 90.2 cm³/mol. The van der Waals surface area contributed by atoms with Gasteiger partial charge in [0, 0.05) is 24.7 Å². The number of nitro benzene ring substituents is 1. The van der Waals surface area contributed by atoms with Crippen molar-refractivity contribution in [1.29, 1.82) is 0 Å². The van der Waals surface area contributed by atoms with E-state index in [-0.39, 0.29) is 43.9 Å². The van der Waals surface area contributed by atoms with Gasteiger partial charge in [0.2, 0.25) is 0 Å². The van der Waals surface area contributed by atoms with E-state index in [2.05, 4.69) is 5.32 Å². The van der Waals surface area contributed by atoms with Gasteiger partial charge in [0.05, 0.1) is 11.5 Å². The van der Waals surface area contributed by atoms with E-state index >= 15 is 0 Å². The Bertz CT molecular complexity index is 534. The van der Waals surface area contributed by atoms with Crippen molar-refractivity contribution in [3.05, 3.63) is 39.9 Å². The summed E-state index contributed by atoms with van der Waals surface area (Å²) >= 11 is 0. The molecule has 1 heterocycles. The zero-order chi connectivity index (χ0) is 16.7. The summed E-state index contributed by atoms with van der Waals surface area (Å²) in [6, 6.07) is 5.94. The second-order valence-electron chi connectivity index (χ2n) is 5.38. The number of hydrogen-bond donors (Lipinski definition) is 2. The van der Waals surface area contributed by atoms with Crippen LogP contribution < -0.4 is 5.32 Å². The lowest BCUT2D eigenvalue weighted by Crippen LogP contribution is -2.47. The number of rotatable bonds is 6. The van der Waals surface area contributed by atoms with Crippen LogP contribution in [-0.4, -0.2) is 53.3 Å². The molecule has 0 atom stereocenters. The van der Waals surface area contributed by atoms with E-state index in [1.54, 1.807) is 17.0 Å². The van der Waals surface area contributed by atoms with Gasteiger partial charge in [0.25, 0.3) is 5.69 Å². The number of hydrogen-bond acceptors (Lipinski definition) is 6. The molecule has 1 aliphatic rings. The van der Waals surface area contributed by atoms with Gasteiger partial charge in [-0.25, -0.2) is 4.79 Å². The lowest BCUT2D eigenvalue weighted by atomic mass is 10.1. The minimum Gasteiger partial charge on any atom is -0.445 e. The number of benzene rings is 1. The van der Waals surface area contributed by atoms with Crippen molar-refractivity contribution in [2.24, 2.45) is 0 Å². The van der Waals surface area contributed by atoms with Crippen molar-refractivity contribution in [1.82, 2.24) is 10.2 Å². The van der Waals surface area contributed by atoms with Gasteiger partial charge in [-0.3, -0.25) is 10.1 Å². The van der Waals surface area contributed by atoms with Crippen molar-refractivity contribution < 1.29 is 19.6 Å². The van der Waals surface area contributed by atoms with E-state index < -0.39 is 11.0 Å². The van der Waals surface area contributed by atoms with E-state index in [1.165, 1.54) is 12.1 Å². The molecule has 2 rings (SSSR count). The van der Waals surface area contributed by atoms with Crippen molar-refractivity contribution in [2.45, 2.75) is 25.5 Å². The molecule has 8 nitrogen and oxygen atoms in total. The van der Waals surface area contributed by atoms with Crippen LogP contribution in [0.25, 0.3) is 0 Å². The van der Waals surface area contributed by atoms with E-state index in [4.69, 9.17) is 9.84 Å². The average Bonchev–Trinajstić information content (AvgIpc) is 2.58. The summed E-state index contributed by atoms with van der Waals surface area (Å²) in [4.78, 5) is 23.9. The number of aliphatic hydroxyl groups excluding tert-OH is 1. The van der Waals surface area contributed by atoms with Gasteiger partial charge in [-0.05, 0) is 43.6 Å². The molecule has 2 N–H and O–H groups in total. The fourth-order valence-corrected chi connectivity index (χ4v) is 2.59. The van der Waals surface area contributed by atoms with Crippen LogP contribution in [0, 0.1) is 10.1 Å². The number of piperidine rings is 1. The number of ether oxygens (including phenoxy) is 1. The lowest BCUT2D eigenvalue weighted by molar-refractivity contribution is -0.384. The number of amides is 1. The van der Waals surface area contributed by atoms with Crippen LogP contribution in [0.15, 0.2) is 24.3 Å². The van der Waals surface area contributed by atoms with Crippen molar-refractivity contribution in [2.75, 3.05) is 26.2 Å². The molecule has 1 aromatic rings. The summed E-state index contributed by atoms with van der Waals surface area (Å²) in [7, 11) is 0. The third-order valence-electron chi connectivity index (χ3n) is 3.83. The summed E-state index contributed by atoms with van der Waals surface area (Å²) in [5, 5.41) is 23.0. The van der Waals surface area contributed by atoms with Gasteiger partial charge >= 0.3 is 6.09 Å². The molecule has 1 aliphatic heterocycles. The van der Waals surface area contributed by atoms with Crippen LogP contribution >= 0.6 is 12.4 Å². The molecule has 0 bridgehead atoms. The molecular formula is C15H22ClN3O5. The fourth-order valence-electron chi connectivity index (χ4n) is 2.59. The Labute approximate surface area is 146 Å². The third-order valence-corrected chi connectivity index (χ3v) is 3.83. The lowest BCUT2D eigenvalue weighted by Gasteiger charge is -2.33. The Kier molecular flexibility index (Phi) is 8.45. The monoisotopic (exact) mass is 359 g/mol. The molecule has 1 aromatic carbocycles. The van der Waals surface area contributed by atoms with Crippen LogP contribution in [-0.2, 0) is 11.3 Å². The molecule has 0 unspecified atom stereocenters. The highest BCUT2D eigenvalue weighted by Crippen LogP contribution is 2.15. The van der Waals surface area contributed by atoms with Crippen molar-refractivity contribution in [3.63, 3.8) is 0 Å². The van der Waals surface area contributed by atoms with Gasteiger partial charge in [-0.2, -0.15) is 0 Å². The van der Waals surface area contributed by atoms with Crippen LogP contribution in [0.4, 0.5) is 10.5 Å². The predicted octanol–water partition coefficient (Wildman–Crippen LogP) is 1.70. The first kappa shape index (κ1) is 20.1. The van der Waals surface area contributed by atoms with Crippen molar-refractivity contribution in [3.8, 4) is 0 Å². The topological polar surface area (TPSA) is 105 Å². The van der Waals surface area contributed by atoms with Gasteiger partial charge in [0.1, 0.15) is 6.61 Å². The summed E-state index contributed by atoms with van der Waals surface area (Å²) in [5.74, 6) is 0. The summed E-state index contributed by atoms with van der Waals surface area (Å²) in [5.41, 5.74) is 0.676.